The number of fused-ring (bicyclic) bond motifs is 1. The number of esters is 1. The predicted octanol–water partition coefficient (Wildman–Crippen LogP) is 3.42. The number of carbonyl (C=O) groups is 1. The molecule has 5 heteroatoms. The zero-order valence-corrected chi connectivity index (χ0v) is 12.4. The van der Waals surface area contributed by atoms with Crippen molar-refractivity contribution in [3.63, 3.8) is 0 Å². The van der Waals surface area contributed by atoms with Gasteiger partial charge in [-0.05, 0) is 42.3 Å². The second-order valence-electron chi connectivity index (χ2n) is 4.81. The van der Waals surface area contributed by atoms with Crippen LogP contribution >= 0.6 is 0 Å². The van der Waals surface area contributed by atoms with Gasteiger partial charge in [0.05, 0.1) is 25.5 Å². The molecule has 3 aromatic rings. The van der Waals surface area contributed by atoms with Crippen molar-refractivity contribution in [2.45, 2.75) is 6.92 Å². The predicted molar refractivity (Wildman–Crippen MR) is 84.0 cm³/mol. The number of H-pyrrole nitrogens is 1. The molecule has 22 heavy (non-hydrogen) atoms. The first-order chi connectivity index (χ1) is 10.7. The highest BCUT2D eigenvalue weighted by molar-refractivity contribution is 5.93. The van der Waals surface area contributed by atoms with Crippen molar-refractivity contribution in [3.05, 3.63) is 48.2 Å². The number of aromatic amines is 1. The highest BCUT2D eigenvalue weighted by Gasteiger charge is 2.11. The van der Waals surface area contributed by atoms with Crippen molar-refractivity contribution in [2.75, 3.05) is 13.7 Å². The Morgan fingerprint density at radius 1 is 1.23 bits per heavy atom. The number of hydrogen-bond acceptors (Lipinski definition) is 4. The lowest BCUT2D eigenvalue weighted by atomic mass is 10.0. The molecule has 1 aromatic heterocycles. The number of aromatic nitrogens is 2. The van der Waals surface area contributed by atoms with E-state index < -0.39 is 0 Å². The van der Waals surface area contributed by atoms with Crippen molar-refractivity contribution >= 4 is 16.9 Å². The minimum Gasteiger partial charge on any atom is -0.494 e. The molecule has 3 rings (SSSR count). The first kappa shape index (κ1) is 14.1. The van der Waals surface area contributed by atoms with Crippen LogP contribution in [-0.2, 0) is 4.74 Å². The van der Waals surface area contributed by atoms with Crippen LogP contribution in [0.3, 0.4) is 0 Å². The standard InChI is InChI=1S/C17H16N2O3/c1-3-22-17(20)12-6-4-5-11(7-12)13-8-14-10-18-19-16(14)15(9-13)21-2/h4-10H,3H2,1-2H3,(H,18,19). The molecule has 1 heterocycles. The van der Waals surface area contributed by atoms with Gasteiger partial charge in [-0.1, -0.05) is 12.1 Å². The van der Waals surface area contributed by atoms with Gasteiger partial charge in [0.25, 0.3) is 0 Å². The molecule has 0 atom stereocenters. The summed E-state index contributed by atoms with van der Waals surface area (Å²) in [5.41, 5.74) is 3.27. The summed E-state index contributed by atoms with van der Waals surface area (Å²) in [6.45, 7) is 2.15. The fourth-order valence-corrected chi connectivity index (χ4v) is 2.39. The fourth-order valence-electron chi connectivity index (χ4n) is 2.39. The molecule has 0 fully saturated rings. The molecule has 0 saturated carbocycles. The average Bonchev–Trinajstić information content (AvgIpc) is 3.02. The SMILES string of the molecule is CCOC(=O)c1cccc(-c2cc(OC)c3[nH]ncc3c2)c1. The molecule has 0 saturated heterocycles. The van der Waals surface area contributed by atoms with Crippen LogP contribution in [0.2, 0.25) is 0 Å². The first-order valence-electron chi connectivity index (χ1n) is 7.01. The van der Waals surface area contributed by atoms with E-state index in [9.17, 15) is 4.79 Å². The van der Waals surface area contributed by atoms with Crippen LogP contribution in [0.15, 0.2) is 42.6 Å². The van der Waals surface area contributed by atoms with Crippen molar-refractivity contribution in [2.24, 2.45) is 0 Å². The molecule has 0 aliphatic carbocycles. The van der Waals surface area contributed by atoms with E-state index in [-0.39, 0.29) is 5.97 Å². The highest BCUT2D eigenvalue weighted by atomic mass is 16.5. The van der Waals surface area contributed by atoms with Crippen molar-refractivity contribution in [1.82, 2.24) is 10.2 Å². The number of nitrogens with zero attached hydrogens (tertiary/aromatic N) is 1. The van der Waals surface area contributed by atoms with Crippen molar-refractivity contribution in [1.29, 1.82) is 0 Å². The second-order valence-corrected chi connectivity index (χ2v) is 4.81. The fraction of sp³-hybridized carbons (Fsp3) is 0.176. The summed E-state index contributed by atoms with van der Waals surface area (Å²) in [5, 5.41) is 7.91. The van der Waals surface area contributed by atoms with Crippen LogP contribution in [0.5, 0.6) is 5.75 Å². The normalized spacial score (nSPS) is 10.6. The Labute approximate surface area is 127 Å². The van der Waals surface area contributed by atoms with Crippen LogP contribution in [-0.4, -0.2) is 29.9 Å². The molecule has 0 unspecified atom stereocenters. The maximum Gasteiger partial charge on any atom is 0.338 e. The van der Waals surface area contributed by atoms with Crippen LogP contribution in [0, 0.1) is 0 Å². The van der Waals surface area contributed by atoms with Gasteiger partial charge in [-0.3, -0.25) is 5.10 Å². The summed E-state index contributed by atoms with van der Waals surface area (Å²) in [6.07, 6.45) is 1.75. The number of benzene rings is 2. The maximum absolute atomic E-state index is 11.9. The third kappa shape index (κ3) is 2.53. The van der Waals surface area contributed by atoms with E-state index in [1.807, 2.05) is 30.3 Å². The Hall–Kier alpha value is -2.82. The Balaban J connectivity index is 2.07. The summed E-state index contributed by atoms with van der Waals surface area (Å²) in [6, 6.07) is 11.3. The lowest BCUT2D eigenvalue weighted by molar-refractivity contribution is 0.0526. The molecule has 0 aliphatic rings. The molecular formula is C17H16N2O3. The first-order valence-corrected chi connectivity index (χ1v) is 7.01. The molecule has 0 radical (unpaired) electrons. The molecule has 2 aromatic carbocycles. The number of rotatable bonds is 4. The summed E-state index contributed by atoms with van der Waals surface area (Å²) in [7, 11) is 1.62. The van der Waals surface area contributed by atoms with Gasteiger partial charge in [-0.15, -0.1) is 0 Å². The van der Waals surface area contributed by atoms with E-state index in [0.29, 0.717) is 17.9 Å². The molecule has 0 amide bonds. The zero-order valence-electron chi connectivity index (χ0n) is 12.4. The molecular weight excluding hydrogens is 280 g/mol. The smallest absolute Gasteiger partial charge is 0.338 e. The van der Waals surface area contributed by atoms with Crippen LogP contribution in [0.1, 0.15) is 17.3 Å². The van der Waals surface area contributed by atoms with E-state index >= 15 is 0 Å². The largest absolute Gasteiger partial charge is 0.494 e. The highest BCUT2D eigenvalue weighted by Crippen LogP contribution is 2.31. The Morgan fingerprint density at radius 3 is 2.86 bits per heavy atom. The van der Waals surface area contributed by atoms with Gasteiger partial charge in [0, 0.05) is 5.39 Å². The summed E-state index contributed by atoms with van der Waals surface area (Å²) in [4.78, 5) is 11.9. The summed E-state index contributed by atoms with van der Waals surface area (Å²) < 4.78 is 10.4. The van der Waals surface area contributed by atoms with E-state index in [4.69, 9.17) is 9.47 Å². The number of carbonyl (C=O) groups excluding carboxylic acids is 1. The van der Waals surface area contributed by atoms with Gasteiger partial charge in [0.1, 0.15) is 11.3 Å². The number of nitrogens with one attached hydrogen (secondary N) is 1. The number of ether oxygens (including phenoxy) is 2. The quantitative estimate of drug-likeness (QED) is 0.749. The second kappa shape index (κ2) is 5.89. The van der Waals surface area contributed by atoms with Gasteiger partial charge < -0.3 is 9.47 Å². The van der Waals surface area contributed by atoms with Gasteiger partial charge in [0.2, 0.25) is 0 Å². The van der Waals surface area contributed by atoms with Gasteiger partial charge in [-0.25, -0.2) is 4.79 Å². The van der Waals surface area contributed by atoms with Crippen LogP contribution in [0.4, 0.5) is 0 Å². The molecule has 112 valence electrons. The lowest BCUT2D eigenvalue weighted by Gasteiger charge is -2.08. The van der Waals surface area contributed by atoms with Crippen molar-refractivity contribution in [3.8, 4) is 16.9 Å². The molecule has 0 bridgehead atoms. The van der Waals surface area contributed by atoms with E-state index in [2.05, 4.69) is 10.2 Å². The summed E-state index contributed by atoms with van der Waals surface area (Å²) in [5.74, 6) is 0.396. The number of methoxy groups -OCH3 is 1. The minimum absolute atomic E-state index is 0.319. The molecule has 5 nitrogen and oxygen atoms in total. The third-order valence-corrected chi connectivity index (χ3v) is 3.44. The van der Waals surface area contributed by atoms with Gasteiger partial charge in [-0.2, -0.15) is 5.10 Å². The lowest BCUT2D eigenvalue weighted by Crippen LogP contribution is -2.04. The Kier molecular flexibility index (Phi) is 3.78. The van der Waals surface area contributed by atoms with Crippen LogP contribution in [0.25, 0.3) is 22.0 Å². The monoisotopic (exact) mass is 296 g/mol. The maximum atomic E-state index is 11.9. The minimum atomic E-state index is -0.319. The molecule has 0 aliphatic heterocycles. The van der Waals surface area contributed by atoms with Crippen LogP contribution < -0.4 is 4.74 Å². The van der Waals surface area contributed by atoms with Gasteiger partial charge in [0.15, 0.2) is 0 Å². The Morgan fingerprint density at radius 2 is 2.09 bits per heavy atom. The molecule has 1 N–H and O–H groups in total. The average molecular weight is 296 g/mol. The van der Waals surface area contributed by atoms with E-state index in [0.717, 1.165) is 22.0 Å². The van der Waals surface area contributed by atoms with E-state index in [1.54, 1.807) is 26.3 Å². The topological polar surface area (TPSA) is 64.2 Å². The zero-order chi connectivity index (χ0) is 15.5. The van der Waals surface area contributed by atoms with E-state index in [1.165, 1.54) is 0 Å². The number of hydrogen-bond donors (Lipinski definition) is 1. The Bertz CT molecular complexity index is 824. The van der Waals surface area contributed by atoms with Gasteiger partial charge >= 0.3 is 5.97 Å². The summed E-state index contributed by atoms with van der Waals surface area (Å²) >= 11 is 0. The van der Waals surface area contributed by atoms with Crippen molar-refractivity contribution < 1.29 is 14.3 Å². The molecule has 0 spiro atoms. The third-order valence-electron chi connectivity index (χ3n) is 3.44.